The number of hydrogen-bond acceptors (Lipinski definition) is 4. The topological polar surface area (TPSA) is 67.5 Å². The van der Waals surface area contributed by atoms with Gasteiger partial charge in [0, 0.05) is 24.6 Å². The molecule has 3 aromatic rings. The van der Waals surface area contributed by atoms with Gasteiger partial charge in [0.05, 0.1) is 29.8 Å². The first-order valence-electron chi connectivity index (χ1n) is 11.2. The number of amides is 1. The van der Waals surface area contributed by atoms with Crippen LogP contribution < -0.4 is 9.47 Å². The molecule has 0 aliphatic carbocycles. The molecule has 0 bridgehead atoms. The standard InChI is InChI=1S/C25H30ClN3O3/c1-16(2)10-12-32-23-19(26)13-18(14-22(23)31-3)25(30)29-11-6-7-17(15-29)24-27-20-8-4-5-9-21(20)28-24/h4-5,8-9,13-14,16-17H,6-7,10-12,15H2,1-3H3,(H,27,28). The molecule has 0 spiro atoms. The van der Waals surface area contributed by atoms with E-state index >= 15 is 0 Å². The van der Waals surface area contributed by atoms with Gasteiger partial charge in [-0.25, -0.2) is 4.98 Å². The Hall–Kier alpha value is -2.73. The Balaban J connectivity index is 1.51. The summed E-state index contributed by atoms with van der Waals surface area (Å²) in [4.78, 5) is 23.4. The summed E-state index contributed by atoms with van der Waals surface area (Å²) in [6, 6.07) is 11.4. The number of likely N-dealkylation sites (tertiary alicyclic amines) is 1. The Morgan fingerprint density at radius 1 is 1.31 bits per heavy atom. The normalized spacial score (nSPS) is 16.5. The fourth-order valence-corrected chi connectivity index (χ4v) is 4.38. The number of imidazole rings is 1. The fraction of sp³-hybridized carbons (Fsp3) is 0.440. The number of aromatic amines is 1. The number of nitrogens with one attached hydrogen (secondary N) is 1. The van der Waals surface area contributed by atoms with Crippen molar-refractivity contribution < 1.29 is 14.3 Å². The van der Waals surface area contributed by atoms with E-state index in [1.807, 2.05) is 29.2 Å². The Labute approximate surface area is 193 Å². The van der Waals surface area contributed by atoms with E-state index in [4.69, 9.17) is 26.1 Å². The molecule has 32 heavy (non-hydrogen) atoms. The molecule has 1 aromatic heterocycles. The van der Waals surface area contributed by atoms with Crippen molar-refractivity contribution in [1.82, 2.24) is 14.9 Å². The molecule has 1 N–H and O–H groups in total. The van der Waals surface area contributed by atoms with E-state index in [1.165, 1.54) is 0 Å². The Morgan fingerprint density at radius 3 is 2.88 bits per heavy atom. The Bertz CT molecular complexity index is 1060. The molecular formula is C25H30ClN3O3. The third kappa shape index (κ3) is 4.85. The zero-order valence-corrected chi connectivity index (χ0v) is 19.6. The maximum atomic E-state index is 13.3. The number of rotatable bonds is 7. The average molecular weight is 456 g/mol. The number of ether oxygens (including phenoxy) is 2. The molecule has 4 rings (SSSR count). The van der Waals surface area contributed by atoms with Crippen molar-refractivity contribution in [3.63, 3.8) is 0 Å². The van der Waals surface area contributed by atoms with Crippen molar-refractivity contribution in [2.24, 2.45) is 5.92 Å². The van der Waals surface area contributed by atoms with Gasteiger partial charge in [-0.3, -0.25) is 4.79 Å². The van der Waals surface area contributed by atoms with E-state index < -0.39 is 0 Å². The molecule has 1 amide bonds. The van der Waals surface area contributed by atoms with E-state index in [0.29, 0.717) is 47.7 Å². The Kier molecular flexibility index (Phi) is 6.89. The number of methoxy groups -OCH3 is 1. The molecule has 0 saturated carbocycles. The lowest BCUT2D eigenvalue weighted by Gasteiger charge is -2.32. The van der Waals surface area contributed by atoms with Crippen LogP contribution in [0.5, 0.6) is 11.5 Å². The number of halogens is 1. The first-order chi connectivity index (χ1) is 15.5. The monoisotopic (exact) mass is 455 g/mol. The van der Waals surface area contributed by atoms with Crippen LogP contribution in [0.3, 0.4) is 0 Å². The van der Waals surface area contributed by atoms with E-state index in [1.54, 1.807) is 19.2 Å². The lowest BCUT2D eigenvalue weighted by molar-refractivity contribution is 0.0704. The zero-order valence-electron chi connectivity index (χ0n) is 18.9. The molecule has 1 atom stereocenters. The largest absolute Gasteiger partial charge is 0.493 e. The number of carbonyl (C=O) groups is 1. The lowest BCUT2D eigenvalue weighted by Crippen LogP contribution is -2.39. The smallest absolute Gasteiger partial charge is 0.254 e. The van der Waals surface area contributed by atoms with Crippen LogP contribution >= 0.6 is 11.6 Å². The van der Waals surface area contributed by atoms with Gasteiger partial charge in [-0.15, -0.1) is 0 Å². The molecule has 2 aromatic carbocycles. The summed E-state index contributed by atoms with van der Waals surface area (Å²) in [7, 11) is 1.56. The summed E-state index contributed by atoms with van der Waals surface area (Å²) in [5.41, 5.74) is 2.49. The molecule has 1 aliphatic rings. The fourth-order valence-electron chi connectivity index (χ4n) is 4.11. The van der Waals surface area contributed by atoms with E-state index in [9.17, 15) is 4.79 Å². The minimum Gasteiger partial charge on any atom is -0.493 e. The summed E-state index contributed by atoms with van der Waals surface area (Å²) >= 11 is 6.49. The predicted octanol–water partition coefficient (Wildman–Crippen LogP) is 5.67. The van der Waals surface area contributed by atoms with Crippen LogP contribution in [0.2, 0.25) is 5.02 Å². The second-order valence-corrected chi connectivity index (χ2v) is 9.16. The van der Waals surface area contributed by atoms with Gasteiger partial charge < -0.3 is 19.4 Å². The van der Waals surface area contributed by atoms with Crippen molar-refractivity contribution in [3.05, 3.63) is 52.8 Å². The Morgan fingerprint density at radius 2 is 2.12 bits per heavy atom. The number of nitrogens with zero attached hydrogens (tertiary/aromatic N) is 2. The van der Waals surface area contributed by atoms with Gasteiger partial charge >= 0.3 is 0 Å². The summed E-state index contributed by atoms with van der Waals surface area (Å²) in [5, 5.41) is 0.391. The number of hydrogen-bond donors (Lipinski definition) is 1. The summed E-state index contributed by atoms with van der Waals surface area (Å²) in [5.74, 6) is 2.56. The third-order valence-electron chi connectivity index (χ3n) is 5.92. The van der Waals surface area contributed by atoms with Gasteiger partial charge in [-0.05, 0) is 49.4 Å². The molecule has 2 heterocycles. The van der Waals surface area contributed by atoms with Gasteiger partial charge in [-0.2, -0.15) is 0 Å². The van der Waals surface area contributed by atoms with Crippen molar-refractivity contribution in [1.29, 1.82) is 0 Å². The molecule has 1 aliphatic heterocycles. The number of carbonyl (C=O) groups excluding carboxylic acids is 1. The molecule has 1 fully saturated rings. The summed E-state index contributed by atoms with van der Waals surface area (Å²) in [6.07, 6.45) is 2.84. The number of aromatic nitrogens is 2. The average Bonchev–Trinajstić information content (AvgIpc) is 3.23. The SMILES string of the molecule is COc1cc(C(=O)N2CCCC(c3nc4ccccc4[nH]3)C2)cc(Cl)c1OCCC(C)C. The van der Waals surface area contributed by atoms with Gasteiger partial charge in [0.2, 0.25) is 0 Å². The third-order valence-corrected chi connectivity index (χ3v) is 6.20. The molecule has 1 saturated heterocycles. The van der Waals surface area contributed by atoms with Crippen LogP contribution in [0, 0.1) is 5.92 Å². The molecule has 1 unspecified atom stereocenters. The van der Waals surface area contributed by atoms with Gasteiger partial charge in [0.1, 0.15) is 5.82 Å². The lowest BCUT2D eigenvalue weighted by atomic mass is 9.96. The minimum absolute atomic E-state index is 0.0558. The van der Waals surface area contributed by atoms with Crippen molar-refractivity contribution in [2.75, 3.05) is 26.8 Å². The number of fused-ring (bicyclic) bond motifs is 1. The highest BCUT2D eigenvalue weighted by molar-refractivity contribution is 6.32. The second kappa shape index (κ2) is 9.82. The number of piperidine rings is 1. The molecule has 170 valence electrons. The maximum absolute atomic E-state index is 13.3. The number of para-hydroxylation sites is 2. The quantitative estimate of drug-likeness (QED) is 0.498. The van der Waals surface area contributed by atoms with Crippen LogP contribution in [0.15, 0.2) is 36.4 Å². The first kappa shape index (κ1) is 22.5. The minimum atomic E-state index is -0.0558. The van der Waals surface area contributed by atoms with Crippen LogP contribution in [-0.4, -0.2) is 47.6 Å². The van der Waals surface area contributed by atoms with Crippen molar-refractivity contribution in [2.45, 2.75) is 39.0 Å². The highest BCUT2D eigenvalue weighted by Gasteiger charge is 2.28. The summed E-state index contributed by atoms with van der Waals surface area (Å²) in [6.45, 7) is 6.15. The predicted molar refractivity (Wildman–Crippen MR) is 127 cm³/mol. The molecular weight excluding hydrogens is 426 g/mol. The van der Waals surface area contributed by atoms with Crippen LogP contribution in [-0.2, 0) is 0 Å². The number of benzene rings is 2. The van der Waals surface area contributed by atoms with Crippen molar-refractivity contribution in [3.8, 4) is 11.5 Å². The first-order valence-corrected chi connectivity index (χ1v) is 11.6. The van der Waals surface area contributed by atoms with Crippen LogP contribution in [0.1, 0.15) is 55.2 Å². The summed E-state index contributed by atoms with van der Waals surface area (Å²) < 4.78 is 11.4. The van der Waals surface area contributed by atoms with E-state index in [-0.39, 0.29) is 11.8 Å². The van der Waals surface area contributed by atoms with Crippen LogP contribution in [0.25, 0.3) is 11.0 Å². The van der Waals surface area contributed by atoms with Crippen LogP contribution in [0.4, 0.5) is 0 Å². The number of H-pyrrole nitrogens is 1. The molecule has 7 heteroatoms. The van der Waals surface area contributed by atoms with Crippen molar-refractivity contribution >= 4 is 28.5 Å². The van der Waals surface area contributed by atoms with Gasteiger partial charge in [0.25, 0.3) is 5.91 Å². The van der Waals surface area contributed by atoms with Gasteiger partial charge in [0.15, 0.2) is 11.5 Å². The highest BCUT2D eigenvalue weighted by Crippen LogP contribution is 2.37. The highest BCUT2D eigenvalue weighted by atomic mass is 35.5. The second-order valence-electron chi connectivity index (χ2n) is 8.75. The zero-order chi connectivity index (χ0) is 22.7. The van der Waals surface area contributed by atoms with E-state index in [2.05, 4.69) is 18.8 Å². The van der Waals surface area contributed by atoms with Gasteiger partial charge in [-0.1, -0.05) is 37.6 Å². The van der Waals surface area contributed by atoms with E-state index in [0.717, 1.165) is 36.1 Å². The molecule has 6 nitrogen and oxygen atoms in total. The molecule has 0 radical (unpaired) electrons. The maximum Gasteiger partial charge on any atom is 0.254 e.